The zero-order valence-corrected chi connectivity index (χ0v) is 14.1. The lowest BCUT2D eigenvalue weighted by Crippen LogP contribution is -2.02. The second-order valence-corrected chi connectivity index (χ2v) is 7.34. The molecule has 1 atom stereocenters. The fraction of sp³-hybridized carbons (Fsp3) is 0.333. The average Bonchev–Trinajstić information content (AvgIpc) is 2.73. The van der Waals surface area contributed by atoms with Crippen LogP contribution in [0.4, 0.5) is 0 Å². The molecule has 0 radical (unpaired) electrons. The average molecular weight is 344 g/mol. The van der Waals surface area contributed by atoms with Crippen LogP contribution in [0, 0.1) is 27.7 Å². The van der Waals surface area contributed by atoms with Crippen LogP contribution in [0.3, 0.4) is 0 Å². The number of halogens is 2. The summed E-state index contributed by atoms with van der Waals surface area (Å²) in [5.74, 6) is 0. The fourth-order valence-electron chi connectivity index (χ4n) is 2.23. The van der Waals surface area contributed by atoms with Crippen LogP contribution in [-0.4, -0.2) is 0 Å². The molecule has 0 amide bonds. The van der Waals surface area contributed by atoms with Crippen molar-refractivity contribution in [2.75, 3.05) is 0 Å². The molecule has 0 aliphatic heterocycles. The van der Waals surface area contributed by atoms with Crippen molar-refractivity contribution in [3.8, 4) is 0 Å². The predicted molar refractivity (Wildman–Crippen MR) is 85.5 cm³/mol. The molecule has 0 bridgehead atoms. The Balaban J connectivity index is 2.57. The molecule has 2 rings (SSSR count). The van der Waals surface area contributed by atoms with Gasteiger partial charge in [0.25, 0.3) is 0 Å². The van der Waals surface area contributed by atoms with Crippen LogP contribution < -0.4 is 0 Å². The predicted octanol–water partition coefficient (Wildman–Crippen LogP) is 6.12. The topological polar surface area (TPSA) is 0 Å². The van der Waals surface area contributed by atoms with Gasteiger partial charge in [0.2, 0.25) is 0 Å². The third-order valence-corrected chi connectivity index (χ3v) is 6.07. The van der Waals surface area contributed by atoms with Gasteiger partial charge in [-0.15, -0.1) is 11.3 Å². The molecule has 1 heterocycles. The third-order valence-electron chi connectivity index (χ3n) is 3.52. The molecule has 18 heavy (non-hydrogen) atoms. The van der Waals surface area contributed by atoms with Gasteiger partial charge in [-0.05, 0) is 67.6 Å². The highest BCUT2D eigenvalue weighted by Crippen LogP contribution is 2.40. The zero-order chi connectivity index (χ0) is 13.4. The van der Waals surface area contributed by atoms with Crippen molar-refractivity contribution in [1.82, 2.24) is 0 Å². The van der Waals surface area contributed by atoms with E-state index in [9.17, 15) is 0 Å². The summed E-state index contributed by atoms with van der Waals surface area (Å²) < 4.78 is 0.842. The first kappa shape index (κ1) is 14.1. The van der Waals surface area contributed by atoms with Crippen LogP contribution in [0.2, 0.25) is 4.34 Å². The van der Waals surface area contributed by atoms with Crippen LogP contribution in [0.15, 0.2) is 18.2 Å². The van der Waals surface area contributed by atoms with Crippen molar-refractivity contribution in [2.24, 2.45) is 0 Å². The van der Waals surface area contributed by atoms with E-state index < -0.39 is 0 Å². The zero-order valence-electron chi connectivity index (χ0n) is 11.0. The Bertz CT molecular complexity index is 560. The minimum absolute atomic E-state index is 0.230. The summed E-state index contributed by atoms with van der Waals surface area (Å²) in [5.41, 5.74) is 6.81. The molecule has 0 saturated heterocycles. The Morgan fingerprint density at radius 3 is 2.06 bits per heavy atom. The van der Waals surface area contributed by atoms with Crippen LogP contribution in [0.25, 0.3) is 0 Å². The highest BCUT2D eigenvalue weighted by Gasteiger charge is 2.19. The van der Waals surface area contributed by atoms with Gasteiger partial charge in [0, 0.05) is 4.88 Å². The molecular weight excluding hydrogens is 328 g/mol. The van der Waals surface area contributed by atoms with Crippen molar-refractivity contribution in [1.29, 1.82) is 0 Å². The number of aryl methyl sites for hydroxylation is 2. The lowest BCUT2D eigenvalue weighted by atomic mass is 9.92. The third kappa shape index (κ3) is 2.52. The largest absolute Gasteiger partial charge is 0.127 e. The number of rotatable bonds is 2. The number of hydrogen-bond acceptors (Lipinski definition) is 1. The van der Waals surface area contributed by atoms with Crippen LogP contribution in [-0.2, 0) is 0 Å². The molecule has 0 N–H and O–H groups in total. The summed E-state index contributed by atoms with van der Waals surface area (Å²) in [5, 5.41) is 0. The van der Waals surface area contributed by atoms with E-state index in [0.717, 1.165) is 4.34 Å². The van der Waals surface area contributed by atoms with Crippen molar-refractivity contribution in [3.63, 3.8) is 0 Å². The Morgan fingerprint density at radius 2 is 1.61 bits per heavy atom. The molecular formula is C15H16BrClS. The van der Waals surface area contributed by atoms with E-state index >= 15 is 0 Å². The molecule has 0 aliphatic rings. The quantitative estimate of drug-likeness (QED) is 0.576. The Morgan fingerprint density at radius 1 is 1.06 bits per heavy atom. The first-order valence-electron chi connectivity index (χ1n) is 5.88. The molecule has 0 saturated carbocycles. The second kappa shape index (κ2) is 5.36. The van der Waals surface area contributed by atoms with E-state index in [2.05, 4.69) is 55.8 Å². The van der Waals surface area contributed by atoms with E-state index in [1.54, 1.807) is 11.3 Å². The molecule has 2 aromatic rings. The van der Waals surface area contributed by atoms with Gasteiger partial charge in [-0.3, -0.25) is 0 Å². The minimum atomic E-state index is 0.230. The van der Waals surface area contributed by atoms with Gasteiger partial charge in [-0.2, -0.15) is 0 Å². The van der Waals surface area contributed by atoms with E-state index in [1.807, 2.05) is 6.07 Å². The first-order valence-corrected chi connectivity index (χ1v) is 7.99. The second-order valence-electron chi connectivity index (χ2n) is 4.68. The van der Waals surface area contributed by atoms with Gasteiger partial charge in [-0.1, -0.05) is 33.6 Å². The smallest absolute Gasteiger partial charge is 0.0931 e. The number of thiophene rings is 1. The highest BCUT2D eigenvalue weighted by atomic mass is 79.9. The van der Waals surface area contributed by atoms with Gasteiger partial charge < -0.3 is 0 Å². The lowest BCUT2D eigenvalue weighted by Gasteiger charge is -2.19. The molecule has 0 aliphatic carbocycles. The van der Waals surface area contributed by atoms with Crippen molar-refractivity contribution >= 4 is 38.9 Å². The SMILES string of the molecule is Cc1cc(C)c(C)c(C(Br)c2ccc(Cl)s2)c1C. The van der Waals surface area contributed by atoms with Gasteiger partial charge in [0.15, 0.2) is 0 Å². The summed E-state index contributed by atoms with van der Waals surface area (Å²) >= 11 is 11.5. The number of alkyl halides is 1. The highest BCUT2D eigenvalue weighted by molar-refractivity contribution is 9.09. The summed E-state index contributed by atoms with van der Waals surface area (Å²) in [7, 11) is 0. The molecule has 1 aromatic heterocycles. The van der Waals surface area contributed by atoms with E-state index in [-0.39, 0.29) is 4.83 Å². The minimum Gasteiger partial charge on any atom is -0.127 e. The molecule has 0 spiro atoms. The maximum atomic E-state index is 6.03. The number of benzene rings is 1. The van der Waals surface area contributed by atoms with Gasteiger partial charge in [-0.25, -0.2) is 0 Å². The summed E-state index contributed by atoms with van der Waals surface area (Å²) in [6.07, 6.45) is 0. The van der Waals surface area contributed by atoms with Crippen LogP contribution >= 0.6 is 38.9 Å². The van der Waals surface area contributed by atoms with E-state index in [1.165, 1.54) is 32.7 Å². The Hall–Kier alpha value is -0.310. The van der Waals surface area contributed by atoms with E-state index in [4.69, 9.17) is 11.6 Å². The summed E-state index contributed by atoms with van der Waals surface area (Å²) in [6, 6.07) is 6.32. The van der Waals surface area contributed by atoms with Crippen molar-refractivity contribution in [3.05, 3.63) is 55.2 Å². The molecule has 96 valence electrons. The van der Waals surface area contributed by atoms with Crippen LogP contribution in [0.1, 0.15) is 37.5 Å². The first-order chi connectivity index (χ1) is 8.41. The molecule has 3 heteroatoms. The number of hydrogen-bond donors (Lipinski definition) is 0. The summed E-state index contributed by atoms with van der Waals surface area (Å²) in [4.78, 5) is 1.49. The Labute approximate surface area is 126 Å². The summed E-state index contributed by atoms with van der Waals surface area (Å²) in [6.45, 7) is 8.74. The maximum absolute atomic E-state index is 6.03. The van der Waals surface area contributed by atoms with Crippen molar-refractivity contribution in [2.45, 2.75) is 32.5 Å². The molecule has 1 aromatic carbocycles. The molecule has 0 fully saturated rings. The van der Waals surface area contributed by atoms with Gasteiger partial charge >= 0.3 is 0 Å². The fourth-order valence-corrected chi connectivity index (χ4v) is 4.40. The van der Waals surface area contributed by atoms with Gasteiger partial charge in [0.05, 0.1) is 9.16 Å². The van der Waals surface area contributed by atoms with E-state index in [0.29, 0.717) is 0 Å². The standard InChI is InChI=1S/C15H16BrClS/c1-8-7-9(2)11(4)14(10(8)3)15(16)12-5-6-13(17)18-12/h5-7,15H,1-4H3. The van der Waals surface area contributed by atoms with Crippen LogP contribution in [0.5, 0.6) is 0 Å². The normalized spacial score (nSPS) is 12.8. The Kier molecular flexibility index (Phi) is 4.20. The molecule has 1 unspecified atom stereocenters. The molecule has 0 nitrogen and oxygen atoms in total. The van der Waals surface area contributed by atoms with Gasteiger partial charge in [0.1, 0.15) is 0 Å². The van der Waals surface area contributed by atoms with Crippen molar-refractivity contribution < 1.29 is 0 Å². The monoisotopic (exact) mass is 342 g/mol. The lowest BCUT2D eigenvalue weighted by molar-refractivity contribution is 1.09. The maximum Gasteiger partial charge on any atom is 0.0931 e.